The number of thiophene rings is 1. The van der Waals surface area contributed by atoms with Crippen LogP contribution >= 0.6 is 11.3 Å². The number of aromatic nitrogens is 4. The summed E-state index contributed by atoms with van der Waals surface area (Å²) < 4.78 is 10.7. The highest BCUT2D eigenvalue weighted by Gasteiger charge is 2.25. The minimum absolute atomic E-state index is 0.0542. The second-order valence-electron chi connectivity index (χ2n) is 8.20. The Kier molecular flexibility index (Phi) is 6.82. The van der Waals surface area contributed by atoms with Crippen molar-refractivity contribution in [3.8, 4) is 17.4 Å². The fourth-order valence-corrected chi connectivity index (χ4v) is 4.88. The van der Waals surface area contributed by atoms with Crippen LogP contribution in [0.25, 0.3) is 21.7 Å². The van der Waals surface area contributed by atoms with Crippen LogP contribution in [-0.4, -0.2) is 77.7 Å². The minimum atomic E-state index is -0.0542. The van der Waals surface area contributed by atoms with Crippen LogP contribution in [0.15, 0.2) is 48.1 Å². The van der Waals surface area contributed by atoms with Gasteiger partial charge in [-0.25, -0.2) is 15.0 Å². The van der Waals surface area contributed by atoms with Crippen LogP contribution in [0.4, 0.5) is 5.82 Å². The van der Waals surface area contributed by atoms with Gasteiger partial charge in [0.15, 0.2) is 5.82 Å². The molecule has 0 N–H and O–H groups in total. The molecule has 35 heavy (non-hydrogen) atoms. The summed E-state index contributed by atoms with van der Waals surface area (Å²) in [6.07, 6.45) is 4.20. The van der Waals surface area contributed by atoms with Crippen molar-refractivity contribution < 1.29 is 14.3 Å². The van der Waals surface area contributed by atoms with Crippen LogP contribution < -0.4 is 9.64 Å². The first kappa shape index (κ1) is 23.1. The lowest BCUT2D eigenvalue weighted by atomic mass is 10.1. The molecule has 1 aliphatic rings. The van der Waals surface area contributed by atoms with Crippen molar-refractivity contribution in [1.29, 1.82) is 0 Å². The Hall–Kier alpha value is -3.63. The van der Waals surface area contributed by atoms with E-state index < -0.39 is 0 Å². The summed E-state index contributed by atoms with van der Waals surface area (Å²) in [5.41, 5.74) is 2.36. The van der Waals surface area contributed by atoms with Crippen molar-refractivity contribution in [2.24, 2.45) is 0 Å². The van der Waals surface area contributed by atoms with Gasteiger partial charge in [-0.3, -0.25) is 9.78 Å². The number of amides is 1. The van der Waals surface area contributed by atoms with E-state index >= 15 is 0 Å². The third-order valence-electron chi connectivity index (χ3n) is 5.94. The molecule has 0 spiro atoms. The second kappa shape index (κ2) is 10.3. The van der Waals surface area contributed by atoms with Crippen LogP contribution in [-0.2, 0) is 11.2 Å². The van der Waals surface area contributed by atoms with Gasteiger partial charge >= 0.3 is 0 Å². The monoisotopic (exact) mass is 490 g/mol. The molecule has 4 aromatic heterocycles. The number of likely N-dealkylation sites (N-methyl/N-ethyl adjacent to an activating group) is 1. The maximum atomic E-state index is 13.5. The number of hydrogen-bond donors (Lipinski definition) is 0. The lowest BCUT2D eigenvalue weighted by Gasteiger charge is -2.29. The lowest BCUT2D eigenvalue weighted by molar-refractivity contribution is 0.0799. The first-order valence-corrected chi connectivity index (χ1v) is 12.3. The Labute approximate surface area is 207 Å². The van der Waals surface area contributed by atoms with Crippen LogP contribution in [0.1, 0.15) is 15.9 Å². The number of carbonyl (C=O) groups is 1. The van der Waals surface area contributed by atoms with E-state index in [9.17, 15) is 4.79 Å². The first-order chi connectivity index (χ1) is 17.1. The maximum absolute atomic E-state index is 13.5. The van der Waals surface area contributed by atoms with Crippen LogP contribution in [0.2, 0.25) is 0 Å². The van der Waals surface area contributed by atoms with Gasteiger partial charge in [0.1, 0.15) is 16.3 Å². The molecule has 1 fully saturated rings. The fraction of sp³-hybridized carbons (Fsp3) is 0.320. The van der Waals surface area contributed by atoms with Crippen molar-refractivity contribution in [1.82, 2.24) is 24.8 Å². The lowest BCUT2D eigenvalue weighted by Crippen LogP contribution is -2.37. The van der Waals surface area contributed by atoms with Gasteiger partial charge in [-0.1, -0.05) is 12.1 Å². The number of nitrogens with zero attached hydrogens (tertiary/aromatic N) is 6. The van der Waals surface area contributed by atoms with Gasteiger partial charge < -0.3 is 19.3 Å². The summed E-state index contributed by atoms with van der Waals surface area (Å²) in [5.74, 6) is 1.84. The minimum Gasteiger partial charge on any atom is -0.481 e. The zero-order chi connectivity index (χ0) is 24.2. The quantitative estimate of drug-likeness (QED) is 0.390. The van der Waals surface area contributed by atoms with E-state index in [0.29, 0.717) is 62.2 Å². The number of ether oxygens (including phenoxy) is 2. The topological polar surface area (TPSA) is 93.6 Å². The molecule has 4 aromatic rings. The van der Waals surface area contributed by atoms with E-state index in [1.807, 2.05) is 42.8 Å². The van der Waals surface area contributed by atoms with E-state index in [1.165, 1.54) is 11.3 Å². The summed E-state index contributed by atoms with van der Waals surface area (Å²) in [5, 5.41) is 2.68. The molecule has 180 valence electrons. The zero-order valence-corrected chi connectivity index (χ0v) is 20.5. The molecule has 0 saturated carbocycles. The number of methoxy groups -OCH3 is 1. The van der Waals surface area contributed by atoms with Crippen LogP contribution in [0.5, 0.6) is 5.88 Å². The van der Waals surface area contributed by atoms with Crippen molar-refractivity contribution in [3.63, 3.8) is 0 Å². The molecular weight excluding hydrogens is 464 g/mol. The molecule has 0 aromatic carbocycles. The summed E-state index contributed by atoms with van der Waals surface area (Å²) in [7, 11) is 3.41. The van der Waals surface area contributed by atoms with Gasteiger partial charge in [-0.15, -0.1) is 11.3 Å². The highest BCUT2D eigenvalue weighted by Crippen LogP contribution is 2.35. The van der Waals surface area contributed by atoms with Crippen molar-refractivity contribution in [2.75, 3.05) is 51.9 Å². The van der Waals surface area contributed by atoms with Gasteiger partial charge in [0.25, 0.3) is 5.91 Å². The average Bonchev–Trinajstić information content (AvgIpc) is 3.36. The molecule has 1 aliphatic heterocycles. The molecule has 1 saturated heterocycles. The number of carbonyl (C=O) groups excluding carboxylic acids is 1. The van der Waals surface area contributed by atoms with Gasteiger partial charge in [0.05, 0.1) is 31.3 Å². The summed E-state index contributed by atoms with van der Waals surface area (Å²) in [4.78, 5) is 36.5. The van der Waals surface area contributed by atoms with E-state index in [1.54, 1.807) is 24.4 Å². The highest BCUT2D eigenvalue weighted by atomic mass is 32.1. The molecule has 5 rings (SSSR count). The normalized spacial score (nSPS) is 13.7. The molecule has 10 heteroatoms. The number of morpholine rings is 1. The molecular formula is C25H26N6O3S. The molecule has 9 nitrogen and oxygen atoms in total. The summed E-state index contributed by atoms with van der Waals surface area (Å²) in [6, 6.07) is 9.47. The number of anilines is 1. The Morgan fingerprint density at radius 3 is 2.74 bits per heavy atom. The smallest absolute Gasteiger partial charge is 0.255 e. The fourth-order valence-electron chi connectivity index (χ4n) is 3.98. The number of fused-ring (bicyclic) bond motifs is 1. The van der Waals surface area contributed by atoms with Gasteiger partial charge in [0.2, 0.25) is 5.88 Å². The van der Waals surface area contributed by atoms with Gasteiger partial charge in [-0.05, 0) is 24.1 Å². The molecule has 0 unspecified atom stereocenters. The molecule has 0 bridgehead atoms. The Balaban J connectivity index is 1.45. The first-order valence-electron chi connectivity index (χ1n) is 11.4. The number of pyridine rings is 2. The third-order valence-corrected chi connectivity index (χ3v) is 6.81. The van der Waals surface area contributed by atoms with Crippen LogP contribution in [0.3, 0.4) is 0 Å². The van der Waals surface area contributed by atoms with E-state index in [2.05, 4.69) is 14.9 Å². The largest absolute Gasteiger partial charge is 0.481 e. The number of hydrogen-bond acceptors (Lipinski definition) is 9. The summed E-state index contributed by atoms with van der Waals surface area (Å²) >= 11 is 1.46. The summed E-state index contributed by atoms with van der Waals surface area (Å²) in [6.45, 7) is 3.21. The molecule has 1 amide bonds. The van der Waals surface area contributed by atoms with Gasteiger partial charge in [0, 0.05) is 50.5 Å². The van der Waals surface area contributed by atoms with Crippen molar-refractivity contribution in [2.45, 2.75) is 6.42 Å². The Morgan fingerprint density at radius 2 is 2.03 bits per heavy atom. The van der Waals surface area contributed by atoms with E-state index in [-0.39, 0.29) is 5.91 Å². The SMILES string of the molecule is COc1ccc(CCN(C)C(=O)c2csc3nc(-c4ccccn4)nc(N4CCOCC4)c23)cn1. The molecule has 0 radical (unpaired) electrons. The van der Waals surface area contributed by atoms with Crippen molar-refractivity contribution >= 4 is 33.3 Å². The molecule has 0 aliphatic carbocycles. The van der Waals surface area contributed by atoms with Crippen LogP contribution in [0, 0.1) is 0 Å². The Bertz CT molecular complexity index is 1310. The number of rotatable bonds is 7. The second-order valence-corrected chi connectivity index (χ2v) is 9.06. The maximum Gasteiger partial charge on any atom is 0.255 e. The molecule has 0 atom stereocenters. The molecule has 5 heterocycles. The average molecular weight is 491 g/mol. The zero-order valence-electron chi connectivity index (χ0n) is 19.7. The highest BCUT2D eigenvalue weighted by molar-refractivity contribution is 7.17. The standard InChI is InChI=1S/C25H26N6O3S/c1-30(10-8-17-6-7-20(33-2)27-15-17)25(32)18-16-35-24-21(18)23(31-11-13-34-14-12-31)28-22(29-24)19-5-3-4-9-26-19/h3-7,9,15-16H,8,10-14H2,1-2H3. The van der Waals surface area contributed by atoms with E-state index in [0.717, 1.165) is 21.6 Å². The van der Waals surface area contributed by atoms with Crippen molar-refractivity contribution in [3.05, 3.63) is 59.2 Å². The van der Waals surface area contributed by atoms with E-state index in [4.69, 9.17) is 19.4 Å². The predicted molar refractivity (Wildman–Crippen MR) is 135 cm³/mol. The third kappa shape index (κ3) is 4.94. The van der Waals surface area contributed by atoms with Gasteiger partial charge in [-0.2, -0.15) is 0 Å². The predicted octanol–water partition coefficient (Wildman–Crippen LogP) is 3.31. The Morgan fingerprint density at radius 1 is 1.17 bits per heavy atom.